The molecule has 0 bridgehead atoms. The van der Waals surface area contributed by atoms with Crippen LogP contribution >= 0.6 is 0 Å². The Bertz CT molecular complexity index is 673. The molecule has 0 unspecified atom stereocenters. The highest BCUT2D eigenvalue weighted by atomic mass is 16.5. The van der Waals surface area contributed by atoms with Crippen LogP contribution in [0, 0.1) is 0 Å². The van der Waals surface area contributed by atoms with Crippen molar-refractivity contribution in [2.45, 2.75) is 71.1 Å². The van der Waals surface area contributed by atoms with E-state index in [1.807, 2.05) is 0 Å². The molecule has 1 N–H and O–H groups in total. The second-order valence-electron chi connectivity index (χ2n) is 7.24. The van der Waals surface area contributed by atoms with Crippen LogP contribution in [-0.2, 0) is 14.3 Å². The zero-order valence-electron chi connectivity index (χ0n) is 16.8. The summed E-state index contributed by atoms with van der Waals surface area (Å²) < 4.78 is 5.32. The van der Waals surface area contributed by atoms with E-state index in [0.29, 0.717) is 37.1 Å². The van der Waals surface area contributed by atoms with Crippen LogP contribution in [-0.4, -0.2) is 24.1 Å². The zero-order chi connectivity index (χ0) is 20.2. The Kier molecular flexibility index (Phi) is 9.46. The maximum absolute atomic E-state index is 12.1. The molecule has 1 aromatic rings. The Labute approximate surface area is 167 Å². The van der Waals surface area contributed by atoms with Gasteiger partial charge in [0.25, 0.3) is 0 Å². The molecule has 28 heavy (non-hydrogen) atoms. The monoisotopic (exact) mass is 385 g/mol. The minimum Gasteiger partial charge on any atom is -0.462 e. The number of Topliss-reactive ketones (excluding diaryl/α,β-unsaturated/α-hetero) is 2. The van der Waals surface area contributed by atoms with E-state index in [2.05, 4.69) is 12.2 Å². The summed E-state index contributed by atoms with van der Waals surface area (Å²) in [6, 6.07) is 6.83. The van der Waals surface area contributed by atoms with Gasteiger partial charge in [-0.25, -0.2) is 4.79 Å². The van der Waals surface area contributed by atoms with Gasteiger partial charge in [-0.3, -0.25) is 9.59 Å². The van der Waals surface area contributed by atoms with Crippen molar-refractivity contribution in [3.05, 3.63) is 41.6 Å². The summed E-state index contributed by atoms with van der Waals surface area (Å²) in [5.74, 6) is -0.558. The molecular weight excluding hydrogens is 354 g/mol. The van der Waals surface area contributed by atoms with Gasteiger partial charge in [-0.2, -0.15) is 0 Å². The molecule has 1 aromatic carbocycles. The molecule has 0 aliphatic heterocycles. The van der Waals surface area contributed by atoms with Gasteiger partial charge in [-0.1, -0.05) is 45.4 Å². The number of hydrogen-bond acceptors (Lipinski definition) is 5. The lowest BCUT2D eigenvalue weighted by atomic mass is 9.93. The number of unbranched alkanes of at least 4 members (excludes halogenated alkanes) is 6. The lowest BCUT2D eigenvalue weighted by Crippen LogP contribution is -2.19. The summed E-state index contributed by atoms with van der Waals surface area (Å²) in [6.45, 7) is 2.65. The first-order valence-corrected chi connectivity index (χ1v) is 10.4. The van der Waals surface area contributed by atoms with Gasteiger partial charge in [0.15, 0.2) is 11.6 Å². The molecule has 152 valence electrons. The number of carbonyl (C=O) groups is 3. The smallest absolute Gasteiger partial charge is 0.338 e. The Morgan fingerprint density at radius 1 is 0.964 bits per heavy atom. The maximum Gasteiger partial charge on any atom is 0.338 e. The fraction of sp³-hybridized carbons (Fsp3) is 0.522. The normalized spacial score (nSPS) is 14.1. The number of hydrogen-bond donors (Lipinski definition) is 1. The van der Waals surface area contributed by atoms with Gasteiger partial charge in [-0.15, -0.1) is 0 Å². The Morgan fingerprint density at radius 2 is 1.57 bits per heavy atom. The number of ketones is 2. The number of allylic oxidation sites excluding steroid dienone is 1. The van der Waals surface area contributed by atoms with Crippen molar-refractivity contribution in [2.24, 2.45) is 0 Å². The van der Waals surface area contributed by atoms with E-state index in [9.17, 15) is 14.4 Å². The number of anilines is 1. The summed E-state index contributed by atoms with van der Waals surface area (Å²) in [5.41, 5.74) is 1.43. The highest BCUT2D eigenvalue weighted by Gasteiger charge is 2.22. The average Bonchev–Trinajstić information content (AvgIpc) is 2.70. The Balaban J connectivity index is 1.72. The van der Waals surface area contributed by atoms with Crippen LogP contribution in [0.2, 0.25) is 0 Å². The molecule has 2 rings (SSSR count). The lowest BCUT2D eigenvalue weighted by molar-refractivity contribution is -0.123. The number of esters is 1. The Hall–Kier alpha value is -2.43. The van der Waals surface area contributed by atoms with Crippen LogP contribution in [0.5, 0.6) is 0 Å². The van der Waals surface area contributed by atoms with Gasteiger partial charge in [0.1, 0.15) is 0 Å². The molecule has 0 radical (unpaired) electrons. The first-order valence-electron chi connectivity index (χ1n) is 10.4. The zero-order valence-corrected chi connectivity index (χ0v) is 16.8. The quantitative estimate of drug-likeness (QED) is 0.245. The number of nitrogens with one attached hydrogen (secondary N) is 1. The standard InChI is InChI=1S/C23H31NO4/c1-2-3-4-5-6-7-8-16-28-23(27)18-12-14-19(15-13-18)24-17-20-21(25)10-9-11-22(20)26/h12-15,17,24H,2-11,16H2,1H3. The van der Waals surface area contributed by atoms with E-state index in [4.69, 9.17) is 4.74 Å². The van der Waals surface area contributed by atoms with Crippen molar-refractivity contribution >= 4 is 23.2 Å². The highest BCUT2D eigenvalue weighted by Crippen LogP contribution is 2.18. The minimum absolute atomic E-state index is 0.116. The fourth-order valence-electron chi connectivity index (χ4n) is 3.16. The van der Waals surface area contributed by atoms with Crippen LogP contribution in [0.1, 0.15) is 81.5 Å². The average molecular weight is 386 g/mol. The van der Waals surface area contributed by atoms with Crippen molar-refractivity contribution in [1.82, 2.24) is 0 Å². The summed E-state index contributed by atoms with van der Waals surface area (Å²) in [6.07, 6.45) is 11.2. The third kappa shape index (κ3) is 7.29. The minimum atomic E-state index is -0.325. The van der Waals surface area contributed by atoms with Gasteiger partial charge in [0.2, 0.25) is 0 Å². The summed E-state index contributed by atoms with van der Waals surface area (Å²) in [5, 5.41) is 2.97. The number of ether oxygens (including phenoxy) is 1. The molecule has 0 spiro atoms. The van der Waals surface area contributed by atoms with Crippen molar-refractivity contribution in [2.75, 3.05) is 11.9 Å². The van der Waals surface area contributed by atoms with E-state index < -0.39 is 0 Å². The first-order chi connectivity index (χ1) is 13.6. The van der Waals surface area contributed by atoms with Gasteiger partial charge >= 0.3 is 5.97 Å². The van der Waals surface area contributed by atoms with Crippen LogP contribution in [0.15, 0.2) is 36.0 Å². The van der Waals surface area contributed by atoms with E-state index in [0.717, 1.165) is 12.8 Å². The van der Waals surface area contributed by atoms with E-state index in [1.54, 1.807) is 24.3 Å². The molecule has 1 fully saturated rings. The van der Waals surface area contributed by atoms with Crippen molar-refractivity contribution in [3.8, 4) is 0 Å². The summed E-state index contributed by atoms with van der Waals surface area (Å²) in [4.78, 5) is 35.7. The Morgan fingerprint density at radius 3 is 2.21 bits per heavy atom. The molecule has 0 heterocycles. The molecule has 0 atom stereocenters. The molecule has 0 amide bonds. The number of carbonyl (C=O) groups excluding carboxylic acids is 3. The predicted octanol–water partition coefficient (Wildman–Crippen LogP) is 5.21. The molecule has 1 saturated carbocycles. The van der Waals surface area contributed by atoms with Crippen molar-refractivity contribution in [3.63, 3.8) is 0 Å². The SMILES string of the molecule is CCCCCCCCCOC(=O)c1ccc(NC=C2C(=O)CCCC2=O)cc1. The maximum atomic E-state index is 12.1. The fourth-order valence-corrected chi connectivity index (χ4v) is 3.16. The molecule has 0 aromatic heterocycles. The molecule has 5 nitrogen and oxygen atoms in total. The van der Waals surface area contributed by atoms with Gasteiger partial charge in [-0.05, 0) is 37.1 Å². The van der Waals surface area contributed by atoms with Crippen LogP contribution in [0.4, 0.5) is 5.69 Å². The third-order valence-corrected chi connectivity index (χ3v) is 4.89. The van der Waals surface area contributed by atoms with E-state index in [-0.39, 0.29) is 23.1 Å². The molecule has 1 aliphatic carbocycles. The van der Waals surface area contributed by atoms with Crippen LogP contribution < -0.4 is 5.32 Å². The van der Waals surface area contributed by atoms with Gasteiger partial charge in [0, 0.05) is 24.7 Å². The van der Waals surface area contributed by atoms with Crippen LogP contribution in [0.25, 0.3) is 0 Å². The summed E-state index contributed by atoms with van der Waals surface area (Å²) >= 11 is 0. The predicted molar refractivity (Wildman–Crippen MR) is 110 cm³/mol. The number of benzene rings is 1. The van der Waals surface area contributed by atoms with Gasteiger partial charge < -0.3 is 10.1 Å². The van der Waals surface area contributed by atoms with Crippen LogP contribution in [0.3, 0.4) is 0 Å². The molecule has 5 heteroatoms. The second-order valence-corrected chi connectivity index (χ2v) is 7.24. The number of rotatable bonds is 11. The largest absolute Gasteiger partial charge is 0.462 e. The van der Waals surface area contributed by atoms with E-state index >= 15 is 0 Å². The second kappa shape index (κ2) is 12.1. The van der Waals surface area contributed by atoms with Crippen molar-refractivity contribution < 1.29 is 19.1 Å². The third-order valence-electron chi connectivity index (χ3n) is 4.89. The topological polar surface area (TPSA) is 72.5 Å². The lowest BCUT2D eigenvalue weighted by Gasteiger charge is -2.12. The highest BCUT2D eigenvalue weighted by molar-refractivity contribution is 6.21. The molecule has 1 aliphatic rings. The van der Waals surface area contributed by atoms with E-state index in [1.165, 1.54) is 38.3 Å². The molecular formula is C23H31NO4. The van der Waals surface area contributed by atoms with Crippen molar-refractivity contribution in [1.29, 1.82) is 0 Å². The molecule has 0 saturated heterocycles. The first kappa shape index (κ1) is 21.9. The van der Waals surface area contributed by atoms with Gasteiger partial charge in [0.05, 0.1) is 17.7 Å². The summed E-state index contributed by atoms with van der Waals surface area (Å²) in [7, 11) is 0.